The molecule has 172 valence electrons. The van der Waals surface area contributed by atoms with Gasteiger partial charge in [0.2, 0.25) is 6.79 Å². The maximum Gasteiger partial charge on any atom is 0.336 e. The summed E-state index contributed by atoms with van der Waals surface area (Å²) in [5, 5.41) is 7.40. The molecule has 0 fully saturated rings. The van der Waals surface area contributed by atoms with Crippen molar-refractivity contribution in [1.82, 2.24) is 14.8 Å². The Labute approximate surface area is 195 Å². The summed E-state index contributed by atoms with van der Waals surface area (Å²) in [5.41, 5.74) is 2.71. The van der Waals surface area contributed by atoms with E-state index in [2.05, 4.69) is 15.4 Å². The zero-order chi connectivity index (χ0) is 23.5. The number of fused-ring (bicyclic) bond motifs is 1. The average molecular weight is 458 g/mol. The van der Waals surface area contributed by atoms with Crippen molar-refractivity contribution in [3.05, 3.63) is 72.3 Å². The number of methoxy groups -OCH3 is 1. The second-order valence-corrected chi connectivity index (χ2v) is 7.36. The zero-order valence-corrected chi connectivity index (χ0v) is 18.6. The van der Waals surface area contributed by atoms with Crippen molar-refractivity contribution in [3.8, 4) is 40.3 Å². The SMILES string of the molecule is CCOc1nc(-c2ccc3c(c2)OCO3)n(-c2ccc(NC(=O)c3cccc(OC)c3)cc2)n1. The Morgan fingerprint density at radius 1 is 1.06 bits per heavy atom. The summed E-state index contributed by atoms with van der Waals surface area (Å²) in [7, 11) is 1.56. The highest BCUT2D eigenvalue weighted by molar-refractivity contribution is 6.04. The molecule has 0 radical (unpaired) electrons. The summed E-state index contributed by atoms with van der Waals surface area (Å²) < 4.78 is 23.3. The van der Waals surface area contributed by atoms with Crippen LogP contribution in [0.1, 0.15) is 17.3 Å². The van der Waals surface area contributed by atoms with Gasteiger partial charge < -0.3 is 24.3 Å². The number of nitrogens with one attached hydrogen (secondary N) is 1. The number of hydrogen-bond donors (Lipinski definition) is 1. The lowest BCUT2D eigenvalue weighted by atomic mass is 10.1. The minimum atomic E-state index is -0.230. The van der Waals surface area contributed by atoms with Crippen molar-refractivity contribution < 1.29 is 23.7 Å². The van der Waals surface area contributed by atoms with Crippen molar-refractivity contribution in [2.24, 2.45) is 0 Å². The van der Waals surface area contributed by atoms with Crippen LogP contribution in [0.15, 0.2) is 66.7 Å². The Balaban J connectivity index is 1.42. The molecule has 2 heterocycles. The van der Waals surface area contributed by atoms with Crippen molar-refractivity contribution in [3.63, 3.8) is 0 Å². The Morgan fingerprint density at radius 3 is 2.68 bits per heavy atom. The lowest BCUT2D eigenvalue weighted by molar-refractivity contribution is 0.102. The van der Waals surface area contributed by atoms with Crippen LogP contribution in [-0.2, 0) is 0 Å². The number of anilines is 1. The van der Waals surface area contributed by atoms with Gasteiger partial charge in [0.05, 0.1) is 19.4 Å². The molecule has 1 N–H and O–H groups in total. The predicted molar refractivity (Wildman–Crippen MR) is 125 cm³/mol. The van der Waals surface area contributed by atoms with Crippen LogP contribution in [0.2, 0.25) is 0 Å². The van der Waals surface area contributed by atoms with E-state index in [9.17, 15) is 4.79 Å². The number of carbonyl (C=O) groups excluding carboxylic acids is 1. The Bertz CT molecular complexity index is 1330. The first-order valence-electron chi connectivity index (χ1n) is 10.7. The molecule has 1 amide bonds. The Morgan fingerprint density at radius 2 is 1.88 bits per heavy atom. The topological polar surface area (TPSA) is 96.7 Å². The highest BCUT2D eigenvalue weighted by Crippen LogP contribution is 2.36. The van der Waals surface area contributed by atoms with Crippen molar-refractivity contribution in [2.45, 2.75) is 6.92 Å². The van der Waals surface area contributed by atoms with E-state index in [-0.39, 0.29) is 18.7 Å². The molecular weight excluding hydrogens is 436 g/mol. The first-order valence-corrected chi connectivity index (χ1v) is 10.7. The molecule has 5 rings (SSSR count). The number of nitrogens with zero attached hydrogens (tertiary/aromatic N) is 3. The van der Waals surface area contributed by atoms with Crippen molar-refractivity contribution >= 4 is 11.6 Å². The molecule has 3 aromatic carbocycles. The number of rotatable bonds is 7. The van der Waals surface area contributed by atoms with Gasteiger partial charge in [-0.3, -0.25) is 4.79 Å². The van der Waals surface area contributed by atoms with Gasteiger partial charge in [0, 0.05) is 16.8 Å². The van der Waals surface area contributed by atoms with Gasteiger partial charge in [-0.05, 0) is 67.6 Å². The first-order chi connectivity index (χ1) is 16.6. The second-order valence-electron chi connectivity index (χ2n) is 7.36. The van der Waals surface area contributed by atoms with E-state index in [0.29, 0.717) is 40.9 Å². The molecule has 0 spiro atoms. The van der Waals surface area contributed by atoms with Gasteiger partial charge in [-0.15, -0.1) is 5.10 Å². The van der Waals surface area contributed by atoms with Crippen LogP contribution < -0.4 is 24.3 Å². The van der Waals surface area contributed by atoms with Crippen LogP contribution in [0.3, 0.4) is 0 Å². The van der Waals surface area contributed by atoms with Crippen LogP contribution >= 0.6 is 0 Å². The summed E-state index contributed by atoms with van der Waals surface area (Å²) in [4.78, 5) is 17.2. The second kappa shape index (κ2) is 9.14. The van der Waals surface area contributed by atoms with Gasteiger partial charge >= 0.3 is 6.01 Å². The fourth-order valence-corrected chi connectivity index (χ4v) is 3.54. The predicted octanol–water partition coefficient (Wildman–Crippen LogP) is 4.32. The Hall–Kier alpha value is -4.53. The highest BCUT2D eigenvalue weighted by atomic mass is 16.7. The summed E-state index contributed by atoms with van der Waals surface area (Å²) in [6.07, 6.45) is 0. The molecule has 9 heteroatoms. The average Bonchev–Trinajstić information content (AvgIpc) is 3.51. The van der Waals surface area contributed by atoms with E-state index in [1.54, 1.807) is 48.2 Å². The highest BCUT2D eigenvalue weighted by Gasteiger charge is 2.19. The number of ether oxygens (including phenoxy) is 4. The third-order valence-corrected chi connectivity index (χ3v) is 5.19. The standard InChI is InChI=1S/C25H22N4O5/c1-3-32-25-27-23(16-7-12-21-22(14-16)34-15-33-21)29(28-25)19-10-8-18(9-11-19)26-24(30)17-5-4-6-20(13-17)31-2/h4-14H,3,15H2,1-2H3,(H,26,30). The summed E-state index contributed by atoms with van der Waals surface area (Å²) in [6.45, 7) is 2.51. The van der Waals surface area contributed by atoms with Crippen LogP contribution in [0.25, 0.3) is 17.1 Å². The van der Waals surface area contributed by atoms with Crippen LogP contribution in [-0.4, -0.2) is 41.2 Å². The van der Waals surface area contributed by atoms with E-state index in [4.69, 9.17) is 18.9 Å². The summed E-state index contributed by atoms with van der Waals surface area (Å²) in [5.74, 6) is 2.33. The number of aromatic nitrogens is 3. The fourth-order valence-electron chi connectivity index (χ4n) is 3.54. The number of carbonyl (C=O) groups is 1. The Kier molecular flexibility index (Phi) is 5.73. The van der Waals surface area contributed by atoms with Crippen LogP contribution in [0, 0.1) is 0 Å². The molecule has 9 nitrogen and oxygen atoms in total. The summed E-state index contributed by atoms with van der Waals surface area (Å²) in [6, 6.07) is 20.2. The van der Waals surface area contributed by atoms with E-state index >= 15 is 0 Å². The maximum absolute atomic E-state index is 12.6. The molecule has 4 aromatic rings. The molecule has 1 aromatic heterocycles. The lowest BCUT2D eigenvalue weighted by Gasteiger charge is -2.09. The van der Waals surface area contributed by atoms with Crippen molar-refractivity contribution in [1.29, 1.82) is 0 Å². The summed E-state index contributed by atoms with van der Waals surface area (Å²) >= 11 is 0. The minimum absolute atomic E-state index is 0.193. The largest absolute Gasteiger partial charge is 0.497 e. The third-order valence-electron chi connectivity index (χ3n) is 5.19. The fraction of sp³-hybridized carbons (Fsp3) is 0.160. The zero-order valence-electron chi connectivity index (χ0n) is 18.6. The van der Waals surface area contributed by atoms with E-state index < -0.39 is 0 Å². The van der Waals surface area contributed by atoms with Gasteiger partial charge in [0.25, 0.3) is 5.91 Å². The number of hydrogen-bond acceptors (Lipinski definition) is 7. The van der Waals surface area contributed by atoms with Crippen LogP contribution in [0.5, 0.6) is 23.3 Å². The van der Waals surface area contributed by atoms with Crippen LogP contribution in [0.4, 0.5) is 5.69 Å². The maximum atomic E-state index is 12.6. The molecule has 0 unspecified atom stereocenters. The lowest BCUT2D eigenvalue weighted by Crippen LogP contribution is -2.12. The monoisotopic (exact) mass is 458 g/mol. The van der Waals surface area contributed by atoms with Gasteiger partial charge in [-0.2, -0.15) is 4.98 Å². The molecule has 0 bridgehead atoms. The number of amides is 1. The van der Waals surface area contributed by atoms with E-state index in [0.717, 1.165) is 11.3 Å². The molecule has 34 heavy (non-hydrogen) atoms. The molecule has 0 saturated carbocycles. The van der Waals surface area contributed by atoms with Gasteiger partial charge in [-0.1, -0.05) is 6.07 Å². The van der Waals surface area contributed by atoms with Gasteiger partial charge in [-0.25, -0.2) is 4.68 Å². The number of benzene rings is 3. The van der Waals surface area contributed by atoms with Gasteiger partial charge in [0.1, 0.15) is 5.75 Å². The normalized spacial score (nSPS) is 11.8. The smallest absolute Gasteiger partial charge is 0.336 e. The third kappa shape index (κ3) is 4.23. The molecule has 1 aliphatic rings. The first kappa shape index (κ1) is 21.3. The molecule has 0 atom stereocenters. The van der Waals surface area contributed by atoms with Crippen molar-refractivity contribution in [2.75, 3.05) is 25.8 Å². The van der Waals surface area contributed by atoms with Gasteiger partial charge in [0.15, 0.2) is 17.3 Å². The molecular formula is C25H22N4O5. The van der Waals surface area contributed by atoms with E-state index in [1.807, 2.05) is 37.3 Å². The minimum Gasteiger partial charge on any atom is -0.497 e. The van der Waals surface area contributed by atoms with E-state index in [1.165, 1.54) is 0 Å². The molecule has 0 aliphatic carbocycles. The molecule has 1 aliphatic heterocycles. The molecule has 0 saturated heterocycles. The quantitative estimate of drug-likeness (QED) is 0.440.